The topological polar surface area (TPSA) is 203 Å². The summed E-state index contributed by atoms with van der Waals surface area (Å²) in [6, 6.07) is 18.9. The fraction of sp³-hybridized carbons (Fsp3) is 0.479. The number of benzene rings is 2. The van der Waals surface area contributed by atoms with Gasteiger partial charge in [-0.15, -0.1) is 0 Å². The predicted molar refractivity (Wildman–Crippen MR) is 247 cm³/mol. The number of nitro groups is 1. The minimum atomic E-state index is -4.75. The van der Waals surface area contributed by atoms with E-state index in [1.165, 1.54) is 17.3 Å². The van der Waals surface area contributed by atoms with Gasteiger partial charge in [-0.2, -0.15) is 13.4 Å². The number of nitrogens with zero attached hydrogens (tertiary/aromatic N) is 5. The van der Waals surface area contributed by atoms with Gasteiger partial charge >= 0.3 is 5.69 Å². The summed E-state index contributed by atoms with van der Waals surface area (Å²) in [6.45, 7) is 9.96. The molecule has 2 atom stereocenters. The van der Waals surface area contributed by atoms with E-state index in [0.29, 0.717) is 55.5 Å². The standard InChI is InChI=1S/C48H56N8O9S/c1-30(2)37-5-3-4-6-38(37)41-29-63-20-17-55(41)35-25-48(26-35)12-15-54(16-13-48)34-7-8-39(42(23-34)65-36-22-32-9-14-49-45(32)50-27-36)46(57)53-66(60,61)43-24-40(56(58)59)44-47(52-43)64-28-33(51-44)21-31-10-18-62-19-11-31/h3-9,14,22-24,27,30-31,33,35,41,51H,10-13,15-21,25-26,28-29H2,1-2H3,(H,49,50)(H,53,57)/t33-,41+/m0/s1. The van der Waals surface area contributed by atoms with Crippen LogP contribution in [0.4, 0.5) is 17.1 Å². The number of hydrogen-bond donors (Lipinski definition) is 3. The smallest absolute Gasteiger partial charge is 0.300 e. The summed E-state index contributed by atoms with van der Waals surface area (Å²) in [5.41, 5.74) is 3.91. The Bertz CT molecular complexity index is 2730. The second-order valence-electron chi connectivity index (χ2n) is 18.8. The van der Waals surface area contributed by atoms with Gasteiger partial charge in [0.25, 0.3) is 15.9 Å². The van der Waals surface area contributed by atoms with Crippen LogP contribution in [-0.4, -0.2) is 104 Å². The molecule has 5 aliphatic rings. The first-order chi connectivity index (χ1) is 31.9. The number of morpholine rings is 1. The maximum atomic E-state index is 14.1. The van der Waals surface area contributed by atoms with E-state index in [2.05, 4.69) is 72.9 Å². The van der Waals surface area contributed by atoms with Crippen molar-refractivity contribution < 1.29 is 37.1 Å². The van der Waals surface area contributed by atoms with Crippen molar-refractivity contribution in [3.8, 4) is 17.4 Å². The number of piperidine rings is 1. The minimum absolute atomic E-state index is 0.00243. The van der Waals surface area contributed by atoms with Gasteiger partial charge in [0, 0.05) is 62.2 Å². The lowest BCUT2D eigenvalue weighted by Crippen LogP contribution is -2.58. The number of carbonyl (C=O) groups is 1. The molecule has 10 rings (SSSR count). The summed E-state index contributed by atoms with van der Waals surface area (Å²) in [6.07, 6.45) is 10.1. The molecule has 5 aromatic rings. The maximum absolute atomic E-state index is 14.1. The highest BCUT2D eigenvalue weighted by Gasteiger charge is 2.50. The Morgan fingerprint density at radius 2 is 1.82 bits per heavy atom. The maximum Gasteiger partial charge on any atom is 0.300 e. The van der Waals surface area contributed by atoms with E-state index < -0.39 is 31.6 Å². The number of rotatable bonds is 12. The molecule has 1 amide bonds. The van der Waals surface area contributed by atoms with Gasteiger partial charge in [0.2, 0.25) is 5.88 Å². The van der Waals surface area contributed by atoms with E-state index in [0.717, 1.165) is 81.9 Å². The van der Waals surface area contributed by atoms with E-state index in [4.69, 9.17) is 18.9 Å². The molecule has 1 aliphatic carbocycles. The first kappa shape index (κ1) is 44.0. The van der Waals surface area contributed by atoms with E-state index >= 15 is 0 Å². The summed E-state index contributed by atoms with van der Waals surface area (Å²) in [5.74, 6) is 0.0360. The molecular formula is C48H56N8O9S. The highest BCUT2D eigenvalue weighted by molar-refractivity contribution is 7.90. The van der Waals surface area contributed by atoms with Crippen LogP contribution >= 0.6 is 0 Å². The number of pyridine rings is 2. The van der Waals surface area contributed by atoms with Crippen LogP contribution in [0.15, 0.2) is 78.1 Å². The Morgan fingerprint density at radius 3 is 2.61 bits per heavy atom. The fourth-order valence-corrected chi connectivity index (χ4v) is 11.7. The van der Waals surface area contributed by atoms with Gasteiger partial charge in [0.15, 0.2) is 10.7 Å². The number of ether oxygens (including phenoxy) is 4. The van der Waals surface area contributed by atoms with Crippen LogP contribution in [0.5, 0.6) is 17.4 Å². The zero-order valence-electron chi connectivity index (χ0n) is 37.2. The van der Waals surface area contributed by atoms with E-state index in [1.807, 2.05) is 6.07 Å². The summed E-state index contributed by atoms with van der Waals surface area (Å²) < 4.78 is 53.6. The minimum Gasteiger partial charge on any atom is -0.474 e. The molecule has 0 unspecified atom stereocenters. The lowest BCUT2D eigenvalue weighted by atomic mass is 9.59. The number of amides is 1. The molecule has 4 fully saturated rings. The van der Waals surface area contributed by atoms with Gasteiger partial charge < -0.3 is 34.1 Å². The molecule has 4 aliphatic heterocycles. The van der Waals surface area contributed by atoms with Crippen LogP contribution in [0.3, 0.4) is 0 Å². The van der Waals surface area contributed by atoms with Gasteiger partial charge in [-0.3, -0.25) is 19.8 Å². The third-order valence-corrected chi connectivity index (χ3v) is 15.5. The Hall–Kier alpha value is -5.82. The van der Waals surface area contributed by atoms with Crippen LogP contribution < -0.4 is 24.4 Å². The average molecular weight is 921 g/mol. The molecule has 2 aromatic carbocycles. The third kappa shape index (κ3) is 8.90. The van der Waals surface area contributed by atoms with Crippen LogP contribution in [-0.2, 0) is 19.5 Å². The monoisotopic (exact) mass is 920 g/mol. The van der Waals surface area contributed by atoms with Gasteiger partial charge in [-0.05, 0) is 97.6 Å². The average Bonchev–Trinajstić information content (AvgIpc) is 3.79. The van der Waals surface area contributed by atoms with Gasteiger partial charge in [-0.1, -0.05) is 38.1 Å². The zero-order valence-corrected chi connectivity index (χ0v) is 38.1. The number of aromatic amines is 1. The molecule has 18 heteroatoms. The summed E-state index contributed by atoms with van der Waals surface area (Å²) in [5, 5.41) is 15.5. The largest absolute Gasteiger partial charge is 0.474 e. The zero-order chi connectivity index (χ0) is 45.6. The number of fused-ring (bicyclic) bond motifs is 2. The van der Waals surface area contributed by atoms with Crippen molar-refractivity contribution in [3.63, 3.8) is 0 Å². The fourth-order valence-electron chi connectivity index (χ4n) is 10.7. The summed E-state index contributed by atoms with van der Waals surface area (Å²) >= 11 is 0. The molecule has 1 spiro atoms. The first-order valence-electron chi connectivity index (χ1n) is 23.1. The molecule has 0 radical (unpaired) electrons. The third-order valence-electron chi connectivity index (χ3n) is 14.3. The van der Waals surface area contributed by atoms with Gasteiger partial charge in [0.1, 0.15) is 23.8 Å². The van der Waals surface area contributed by atoms with Crippen molar-refractivity contribution in [3.05, 3.63) is 99.9 Å². The molecule has 3 aromatic heterocycles. The number of carbonyl (C=O) groups excluding carboxylic acids is 1. The van der Waals surface area contributed by atoms with E-state index in [9.17, 15) is 23.3 Å². The lowest BCUT2D eigenvalue weighted by molar-refractivity contribution is -0.384. The number of anilines is 2. The highest BCUT2D eigenvalue weighted by Crippen LogP contribution is 2.53. The second-order valence-corrected chi connectivity index (χ2v) is 20.5. The number of sulfonamides is 1. The molecule has 17 nitrogen and oxygen atoms in total. The lowest BCUT2D eigenvalue weighted by Gasteiger charge is -2.57. The molecular weight excluding hydrogens is 865 g/mol. The van der Waals surface area contributed by atoms with Crippen molar-refractivity contribution in [1.82, 2.24) is 24.6 Å². The number of hydrogen-bond acceptors (Lipinski definition) is 14. The molecule has 348 valence electrons. The quantitative estimate of drug-likeness (QED) is 0.0811. The number of aromatic nitrogens is 3. The van der Waals surface area contributed by atoms with Crippen LogP contribution in [0.1, 0.15) is 92.2 Å². The summed E-state index contributed by atoms with van der Waals surface area (Å²) in [7, 11) is -4.75. The van der Waals surface area contributed by atoms with Crippen molar-refractivity contribution in [2.24, 2.45) is 11.3 Å². The Morgan fingerprint density at radius 1 is 1.02 bits per heavy atom. The molecule has 7 heterocycles. The highest BCUT2D eigenvalue weighted by atomic mass is 32.2. The van der Waals surface area contributed by atoms with Crippen LogP contribution in [0, 0.1) is 21.4 Å². The second kappa shape index (κ2) is 18.1. The van der Waals surface area contributed by atoms with Gasteiger partial charge in [-0.25, -0.2) is 9.71 Å². The molecule has 1 saturated carbocycles. The predicted octanol–water partition coefficient (Wildman–Crippen LogP) is 7.71. The van der Waals surface area contributed by atoms with Crippen molar-refractivity contribution in [1.29, 1.82) is 0 Å². The Labute approximate surface area is 383 Å². The van der Waals surface area contributed by atoms with Crippen molar-refractivity contribution >= 4 is 44.0 Å². The SMILES string of the molecule is CC(C)c1ccccc1[C@H]1COCCN1C1CC2(CCN(c3ccc(C(=O)NS(=O)(=O)c4cc([N+](=O)[O-])c5c(n4)OC[C@H](CC4CCOCC4)N5)c(Oc4cnc5[nH]ccc5c4)c3)CC2)C1. The molecule has 3 N–H and O–H groups in total. The normalized spacial score (nSPS) is 21.5. The summed E-state index contributed by atoms with van der Waals surface area (Å²) in [4.78, 5) is 42.3. The van der Waals surface area contributed by atoms with Crippen LogP contribution in [0.25, 0.3) is 11.0 Å². The van der Waals surface area contributed by atoms with E-state index in [1.54, 1.807) is 30.5 Å². The first-order valence-corrected chi connectivity index (χ1v) is 24.6. The van der Waals surface area contributed by atoms with Crippen molar-refractivity contribution in [2.75, 3.05) is 62.9 Å². The Balaban J connectivity index is 0.854. The number of nitrogens with one attached hydrogen (secondary N) is 3. The van der Waals surface area contributed by atoms with Gasteiger partial charge in [0.05, 0.1) is 48.0 Å². The van der Waals surface area contributed by atoms with Crippen molar-refractivity contribution in [2.45, 2.75) is 87.9 Å². The number of H-pyrrole nitrogens is 1. The van der Waals surface area contributed by atoms with E-state index in [-0.39, 0.29) is 47.0 Å². The molecule has 0 bridgehead atoms. The Kier molecular flexibility index (Phi) is 12.1. The molecule has 3 saturated heterocycles. The van der Waals surface area contributed by atoms with Crippen LogP contribution in [0.2, 0.25) is 0 Å². The molecule has 66 heavy (non-hydrogen) atoms.